The molecule has 1 aromatic heterocycles. The van der Waals surface area contributed by atoms with Crippen molar-refractivity contribution in [1.82, 2.24) is 4.98 Å². The van der Waals surface area contributed by atoms with E-state index >= 15 is 0 Å². The van der Waals surface area contributed by atoms with Crippen molar-refractivity contribution in [2.45, 2.75) is 52.0 Å². The number of fused-ring (bicyclic) bond motifs is 1. The summed E-state index contributed by atoms with van der Waals surface area (Å²) in [6.07, 6.45) is 1.99. The van der Waals surface area contributed by atoms with E-state index in [1.165, 1.54) is 0 Å². The summed E-state index contributed by atoms with van der Waals surface area (Å²) in [6, 6.07) is 6.31. The van der Waals surface area contributed by atoms with Gasteiger partial charge >= 0.3 is 0 Å². The van der Waals surface area contributed by atoms with Gasteiger partial charge in [-0.05, 0) is 31.9 Å². The summed E-state index contributed by atoms with van der Waals surface area (Å²) in [6.45, 7) is 9.36. The zero-order valence-electron chi connectivity index (χ0n) is 16.3. The number of nitrogens with two attached hydrogens (primary N) is 1. The van der Waals surface area contributed by atoms with Gasteiger partial charge in [0.2, 0.25) is 0 Å². The van der Waals surface area contributed by atoms with E-state index in [0.29, 0.717) is 11.5 Å². The Hall–Kier alpha value is -2.01. The van der Waals surface area contributed by atoms with Crippen molar-refractivity contribution in [1.29, 1.82) is 0 Å². The highest BCUT2D eigenvalue weighted by Gasteiger charge is 2.20. The molecule has 1 aromatic carbocycles. The summed E-state index contributed by atoms with van der Waals surface area (Å²) in [5, 5.41) is 4.44. The van der Waals surface area contributed by atoms with Gasteiger partial charge in [0.1, 0.15) is 0 Å². The Morgan fingerprint density at radius 1 is 1.20 bits per heavy atom. The third kappa shape index (κ3) is 4.54. The molecule has 0 fully saturated rings. The number of pyridine rings is 1. The van der Waals surface area contributed by atoms with Gasteiger partial charge in [-0.1, -0.05) is 20.8 Å². The first kappa shape index (κ1) is 19.3. The van der Waals surface area contributed by atoms with Gasteiger partial charge in [0.15, 0.2) is 11.5 Å². The summed E-state index contributed by atoms with van der Waals surface area (Å²) in [5.74, 6) is 1.42. The molecular weight excluding hydrogens is 314 g/mol. The molecule has 0 aliphatic carbocycles. The van der Waals surface area contributed by atoms with Crippen LogP contribution < -0.4 is 20.5 Å². The normalized spacial score (nSPS) is 12.9. The number of anilines is 1. The molecule has 138 valence electrons. The molecule has 0 aliphatic rings. The molecule has 0 spiro atoms. The Balaban J connectivity index is 2.49. The fraction of sp³-hybridized carbons (Fsp3) is 0.550. The molecular formula is C20H31N3O2. The molecule has 0 amide bonds. The molecule has 5 heteroatoms. The highest BCUT2D eigenvalue weighted by molar-refractivity contribution is 5.97. The van der Waals surface area contributed by atoms with Gasteiger partial charge in [-0.3, -0.25) is 0 Å². The molecule has 0 radical (unpaired) electrons. The number of aromatic nitrogens is 1. The number of hydrogen-bond donors (Lipinski definition) is 2. The van der Waals surface area contributed by atoms with Crippen LogP contribution in [0.2, 0.25) is 0 Å². The molecule has 2 rings (SSSR count). The topological polar surface area (TPSA) is 69.4 Å². The minimum Gasteiger partial charge on any atom is -0.493 e. The molecule has 0 saturated heterocycles. The van der Waals surface area contributed by atoms with Crippen LogP contribution in [0, 0.1) is 0 Å². The van der Waals surface area contributed by atoms with Crippen LogP contribution in [-0.2, 0) is 5.41 Å². The minimum absolute atomic E-state index is 0.0202. The van der Waals surface area contributed by atoms with E-state index in [0.717, 1.165) is 41.7 Å². The maximum absolute atomic E-state index is 5.84. The van der Waals surface area contributed by atoms with E-state index in [9.17, 15) is 0 Å². The van der Waals surface area contributed by atoms with Crippen molar-refractivity contribution in [2.75, 3.05) is 26.1 Å². The van der Waals surface area contributed by atoms with Crippen molar-refractivity contribution in [3.8, 4) is 11.5 Å². The van der Waals surface area contributed by atoms with Gasteiger partial charge in [-0.15, -0.1) is 0 Å². The van der Waals surface area contributed by atoms with E-state index in [-0.39, 0.29) is 11.5 Å². The fourth-order valence-corrected chi connectivity index (χ4v) is 2.81. The maximum Gasteiger partial charge on any atom is 0.170 e. The van der Waals surface area contributed by atoms with Gasteiger partial charge in [-0.2, -0.15) is 0 Å². The van der Waals surface area contributed by atoms with Crippen molar-refractivity contribution in [2.24, 2.45) is 5.73 Å². The van der Waals surface area contributed by atoms with E-state index in [1.54, 1.807) is 14.2 Å². The first-order valence-electron chi connectivity index (χ1n) is 8.83. The minimum atomic E-state index is -0.0202. The number of rotatable bonds is 7. The molecule has 5 nitrogen and oxygen atoms in total. The summed E-state index contributed by atoms with van der Waals surface area (Å²) >= 11 is 0. The van der Waals surface area contributed by atoms with Crippen molar-refractivity contribution in [3.05, 3.63) is 23.9 Å². The molecule has 1 unspecified atom stereocenters. The number of nitrogens with zero attached hydrogens (tertiary/aromatic N) is 1. The maximum atomic E-state index is 5.84. The van der Waals surface area contributed by atoms with E-state index in [4.69, 9.17) is 20.2 Å². The predicted molar refractivity (Wildman–Crippen MR) is 105 cm³/mol. The van der Waals surface area contributed by atoms with Gasteiger partial charge in [0.25, 0.3) is 0 Å². The lowest BCUT2D eigenvalue weighted by atomic mass is 9.91. The standard InChI is InChI=1S/C20H31N3O2/c1-13(21)8-7-11-22-15-12-16(24-5)19(25-6)14-9-10-17(20(2,3)4)23-18(14)15/h9-10,12-13,22H,7-8,11,21H2,1-6H3. The van der Waals surface area contributed by atoms with Crippen LogP contribution in [0.3, 0.4) is 0 Å². The molecule has 3 N–H and O–H groups in total. The lowest BCUT2D eigenvalue weighted by molar-refractivity contribution is 0.358. The van der Waals surface area contributed by atoms with Crippen LogP contribution in [-0.4, -0.2) is 31.8 Å². The highest BCUT2D eigenvalue weighted by atomic mass is 16.5. The Morgan fingerprint density at radius 2 is 1.92 bits per heavy atom. The summed E-state index contributed by atoms with van der Waals surface area (Å²) < 4.78 is 11.1. The highest BCUT2D eigenvalue weighted by Crippen LogP contribution is 2.40. The number of hydrogen-bond acceptors (Lipinski definition) is 5. The zero-order chi connectivity index (χ0) is 18.6. The van der Waals surface area contributed by atoms with Crippen LogP contribution in [0.25, 0.3) is 10.9 Å². The Bertz CT molecular complexity index is 721. The van der Waals surface area contributed by atoms with Gasteiger partial charge in [-0.25, -0.2) is 4.98 Å². The number of nitrogens with one attached hydrogen (secondary N) is 1. The number of methoxy groups -OCH3 is 2. The molecule has 0 saturated carbocycles. The van der Waals surface area contributed by atoms with Crippen molar-refractivity contribution < 1.29 is 9.47 Å². The second kappa shape index (κ2) is 7.91. The largest absolute Gasteiger partial charge is 0.493 e. The average Bonchev–Trinajstić information content (AvgIpc) is 2.56. The quantitative estimate of drug-likeness (QED) is 0.740. The smallest absolute Gasteiger partial charge is 0.170 e. The first-order chi connectivity index (χ1) is 11.8. The Kier molecular flexibility index (Phi) is 6.11. The first-order valence-corrected chi connectivity index (χ1v) is 8.83. The Morgan fingerprint density at radius 3 is 2.48 bits per heavy atom. The van der Waals surface area contributed by atoms with E-state index in [1.807, 2.05) is 13.0 Å². The van der Waals surface area contributed by atoms with Crippen LogP contribution in [0.15, 0.2) is 18.2 Å². The number of benzene rings is 1. The SMILES string of the molecule is COc1cc(NCCCC(C)N)c2nc(C(C)(C)C)ccc2c1OC. The summed E-state index contributed by atoms with van der Waals surface area (Å²) in [5.41, 5.74) is 8.73. The third-order valence-corrected chi connectivity index (χ3v) is 4.24. The predicted octanol–water partition coefficient (Wildman–Crippen LogP) is 4.09. The van der Waals surface area contributed by atoms with Gasteiger partial charge in [0.05, 0.1) is 25.4 Å². The second-order valence-electron chi connectivity index (χ2n) is 7.55. The number of ether oxygens (including phenoxy) is 2. The monoisotopic (exact) mass is 345 g/mol. The summed E-state index contributed by atoms with van der Waals surface area (Å²) in [7, 11) is 3.31. The Labute approximate surface area is 150 Å². The fourth-order valence-electron chi connectivity index (χ4n) is 2.81. The third-order valence-electron chi connectivity index (χ3n) is 4.24. The lowest BCUT2D eigenvalue weighted by Crippen LogP contribution is -2.16. The van der Waals surface area contributed by atoms with E-state index in [2.05, 4.69) is 38.2 Å². The van der Waals surface area contributed by atoms with Crippen LogP contribution >= 0.6 is 0 Å². The zero-order valence-corrected chi connectivity index (χ0v) is 16.3. The molecule has 0 aliphatic heterocycles. The van der Waals surface area contributed by atoms with Crippen LogP contribution in [0.5, 0.6) is 11.5 Å². The van der Waals surface area contributed by atoms with E-state index < -0.39 is 0 Å². The lowest BCUT2D eigenvalue weighted by Gasteiger charge is -2.21. The van der Waals surface area contributed by atoms with Crippen molar-refractivity contribution in [3.63, 3.8) is 0 Å². The summed E-state index contributed by atoms with van der Waals surface area (Å²) in [4.78, 5) is 4.92. The average molecular weight is 345 g/mol. The molecule has 0 bridgehead atoms. The molecule has 1 heterocycles. The van der Waals surface area contributed by atoms with Gasteiger partial charge < -0.3 is 20.5 Å². The van der Waals surface area contributed by atoms with Crippen molar-refractivity contribution >= 4 is 16.6 Å². The van der Waals surface area contributed by atoms with Crippen LogP contribution in [0.4, 0.5) is 5.69 Å². The molecule has 1 atom stereocenters. The van der Waals surface area contributed by atoms with Gasteiger partial charge in [0, 0.05) is 35.1 Å². The second-order valence-corrected chi connectivity index (χ2v) is 7.55. The molecule has 25 heavy (non-hydrogen) atoms. The van der Waals surface area contributed by atoms with Crippen LogP contribution in [0.1, 0.15) is 46.2 Å². The molecule has 2 aromatic rings.